The summed E-state index contributed by atoms with van der Waals surface area (Å²) in [6, 6.07) is 5.44. The van der Waals surface area contributed by atoms with Gasteiger partial charge in [0.05, 0.1) is 0 Å². The molecule has 6 nitrogen and oxygen atoms in total. The fraction of sp³-hybridized carbons (Fsp3) is 0.286. The maximum atomic E-state index is 6.38. The molecule has 0 aliphatic carbocycles. The molecule has 4 rings (SSSR count). The maximum Gasteiger partial charge on any atom is 0.0482 e. The van der Waals surface area contributed by atoms with Gasteiger partial charge in [0, 0.05) is 89.6 Å². The first kappa shape index (κ1) is 21.4. The molecule has 30 heavy (non-hydrogen) atoms. The van der Waals surface area contributed by atoms with Crippen LogP contribution in [0.4, 0.5) is 0 Å². The SMILES string of the molecule is Clc1ccncc1CC1CN(Cc2cnccc2Cl)NN(Cc2cnccc2Cl)C1. The summed E-state index contributed by atoms with van der Waals surface area (Å²) in [4.78, 5) is 12.6. The molecule has 0 atom stereocenters. The van der Waals surface area contributed by atoms with Crippen LogP contribution in [0.5, 0.6) is 0 Å². The minimum atomic E-state index is 0.332. The highest BCUT2D eigenvalue weighted by Crippen LogP contribution is 2.24. The van der Waals surface area contributed by atoms with Crippen LogP contribution in [0.1, 0.15) is 16.7 Å². The second kappa shape index (κ2) is 10.0. The molecule has 3 aromatic rings. The predicted molar refractivity (Wildman–Crippen MR) is 119 cm³/mol. The monoisotopic (exact) mass is 462 g/mol. The van der Waals surface area contributed by atoms with Gasteiger partial charge in [-0.25, -0.2) is 10.0 Å². The maximum absolute atomic E-state index is 6.38. The van der Waals surface area contributed by atoms with Crippen molar-refractivity contribution in [1.29, 1.82) is 0 Å². The van der Waals surface area contributed by atoms with Crippen molar-refractivity contribution >= 4 is 34.8 Å². The molecule has 1 aliphatic rings. The van der Waals surface area contributed by atoms with Crippen molar-refractivity contribution in [2.24, 2.45) is 5.92 Å². The number of hydrogen-bond acceptors (Lipinski definition) is 6. The Labute approximate surface area is 190 Å². The van der Waals surface area contributed by atoms with E-state index in [4.69, 9.17) is 34.8 Å². The van der Waals surface area contributed by atoms with E-state index in [0.717, 1.165) is 41.2 Å². The number of hydrogen-bond donors (Lipinski definition) is 1. The molecule has 0 amide bonds. The standard InChI is InChI=1S/C21H21Cl3N6/c22-19-1-4-25-8-16(19)7-15-11-29(13-17-9-26-5-2-20(17)23)28-30(12-15)14-18-10-27-6-3-21(18)24/h1-6,8-10,15,28H,7,11-14H2. The summed E-state index contributed by atoms with van der Waals surface area (Å²) in [7, 11) is 0. The number of halogens is 3. The van der Waals surface area contributed by atoms with E-state index in [0.29, 0.717) is 29.1 Å². The molecule has 156 valence electrons. The first-order valence-corrected chi connectivity index (χ1v) is 10.7. The topological polar surface area (TPSA) is 57.2 Å². The van der Waals surface area contributed by atoms with Crippen LogP contribution in [-0.4, -0.2) is 38.1 Å². The van der Waals surface area contributed by atoms with Crippen molar-refractivity contribution in [3.8, 4) is 0 Å². The molecule has 0 bridgehead atoms. The van der Waals surface area contributed by atoms with Crippen molar-refractivity contribution in [1.82, 2.24) is 30.5 Å². The Balaban J connectivity index is 1.53. The van der Waals surface area contributed by atoms with Gasteiger partial charge in [0.1, 0.15) is 0 Å². The Morgan fingerprint density at radius 2 is 1.17 bits per heavy atom. The van der Waals surface area contributed by atoms with Crippen LogP contribution in [0, 0.1) is 5.92 Å². The van der Waals surface area contributed by atoms with Gasteiger partial charge in [-0.05, 0) is 36.1 Å². The highest BCUT2D eigenvalue weighted by atomic mass is 35.5. The largest absolute Gasteiger partial charge is 0.264 e. The molecule has 9 heteroatoms. The van der Waals surface area contributed by atoms with Crippen molar-refractivity contribution < 1.29 is 0 Å². The summed E-state index contributed by atoms with van der Waals surface area (Å²) in [6.07, 6.45) is 11.4. The van der Waals surface area contributed by atoms with Crippen LogP contribution >= 0.6 is 34.8 Å². The Hall–Kier alpha value is -1.80. The van der Waals surface area contributed by atoms with Gasteiger partial charge in [-0.15, -0.1) is 0 Å². The van der Waals surface area contributed by atoms with Crippen molar-refractivity contribution in [2.75, 3.05) is 13.1 Å². The quantitative estimate of drug-likeness (QED) is 0.584. The molecule has 3 aromatic heterocycles. The van der Waals surface area contributed by atoms with Crippen LogP contribution < -0.4 is 5.53 Å². The van der Waals surface area contributed by atoms with E-state index >= 15 is 0 Å². The summed E-state index contributed by atoms with van der Waals surface area (Å²) < 4.78 is 0. The van der Waals surface area contributed by atoms with E-state index in [2.05, 4.69) is 30.5 Å². The lowest BCUT2D eigenvalue weighted by Crippen LogP contribution is -2.58. The van der Waals surface area contributed by atoms with E-state index in [-0.39, 0.29) is 0 Å². The summed E-state index contributed by atoms with van der Waals surface area (Å²) >= 11 is 19.1. The van der Waals surface area contributed by atoms with Crippen LogP contribution in [0.15, 0.2) is 55.4 Å². The van der Waals surface area contributed by atoms with Crippen LogP contribution in [0.2, 0.25) is 15.1 Å². The van der Waals surface area contributed by atoms with Crippen LogP contribution in [-0.2, 0) is 19.5 Å². The lowest BCUT2D eigenvalue weighted by atomic mass is 9.98. The third kappa shape index (κ3) is 5.46. The minimum absolute atomic E-state index is 0.332. The normalized spacial score (nSPS) is 16.1. The molecule has 0 unspecified atom stereocenters. The molecule has 1 N–H and O–H groups in total. The van der Waals surface area contributed by atoms with E-state index < -0.39 is 0 Å². The van der Waals surface area contributed by atoms with Gasteiger partial charge in [0.2, 0.25) is 0 Å². The Kier molecular flexibility index (Phi) is 7.15. The lowest BCUT2D eigenvalue weighted by molar-refractivity contribution is -0.0540. The summed E-state index contributed by atoms with van der Waals surface area (Å²) in [5, 5.41) is 6.43. The van der Waals surface area contributed by atoms with Gasteiger partial charge in [-0.3, -0.25) is 15.0 Å². The number of rotatable bonds is 6. The number of nitrogens with zero attached hydrogens (tertiary/aromatic N) is 5. The van der Waals surface area contributed by atoms with Gasteiger partial charge in [-0.2, -0.15) is 5.53 Å². The number of aromatic nitrogens is 3. The number of hydrazine groups is 2. The molecule has 0 aromatic carbocycles. The highest BCUT2D eigenvalue weighted by molar-refractivity contribution is 6.31. The van der Waals surface area contributed by atoms with Gasteiger partial charge in [-0.1, -0.05) is 34.8 Å². The second-order valence-corrected chi connectivity index (χ2v) is 8.55. The Bertz CT molecular complexity index is 869. The average molecular weight is 464 g/mol. The zero-order valence-electron chi connectivity index (χ0n) is 16.2. The fourth-order valence-corrected chi connectivity index (χ4v) is 4.14. The third-order valence-corrected chi connectivity index (χ3v) is 6.11. The molecular formula is C21H21Cl3N6. The molecule has 4 heterocycles. The van der Waals surface area contributed by atoms with Gasteiger partial charge in [0.25, 0.3) is 0 Å². The summed E-state index contributed by atoms with van der Waals surface area (Å²) in [5.74, 6) is 0.332. The lowest BCUT2D eigenvalue weighted by Gasteiger charge is -2.41. The molecule has 1 aliphatic heterocycles. The van der Waals surface area contributed by atoms with Crippen LogP contribution in [0.25, 0.3) is 0 Å². The van der Waals surface area contributed by atoms with Crippen molar-refractivity contribution in [3.63, 3.8) is 0 Å². The van der Waals surface area contributed by atoms with Crippen LogP contribution in [0.3, 0.4) is 0 Å². The Morgan fingerprint density at radius 1 is 0.733 bits per heavy atom. The smallest absolute Gasteiger partial charge is 0.0482 e. The second-order valence-electron chi connectivity index (χ2n) is 7.33. The highest BCUT2D eigenvalue weighted by Gasteiger charge is 2.27. The van der Waals surface area contributed by atoms with Crippen molar-refractivity contribution in [3.05, 3.63) is 87.1 Å². The van der Waals surface area contributed by atoms with Crippen molar-refractivity contribution in [2.45, 2.75) is 19.5 Å². The summed E-state index contributed by atoms with van der Waals surface area (Å²) in [6.45, 7) is 2.91. The van der Waals surface area contributed by atoms with E-state index in [1.165, 1.54) is 0 Å². The number of pyridine rings is 3. The molecule has 0 saturated carbocycles. The zero-order valence-corrected chi connectivity index (χ0v) is 18.4. The molecule has 1 saturated heterocycles. The molecule has 0 spiro atoms. The van der Waals surface area contributed by atoms with Gasteiger partial charge < -0.3 is 0 Å². The molecule has 1 fully saturated rings. The minimum Gasteiger partial charge on any atom is -0.264 e. The zero-order chi connectivity index (χ0) is 20.9. The molecular weight excluding hydrogens is 443 g/mol. The first-order valence-electron chi connectivity index (χ1n) is 9.60. The number of nitrogens with one attached hydrogen (secondary N) is 1. The molecule has 0 radical (unpaired) electrons. The fourth-order valence-electron chi connectivity index (χ4n) is 3.63. The average Bonchev–Trinajstić information content (AvgIpc) is 2.73. The van der Waals surface area contributed by atoms with E-state index in [1.54, 1.807) is 43.1 Å². The van der Waals surface area contributed by atoms with E-state index in [1.807, 2.05) is 12.3 Å². The Morgan fingerprint density at radius 3 is 1.60 bits per heavy atom. The van der Waals surface area contributed by atoms with E-state index in [9.17, 15) is 0 Å². The third-order valence-electron chi connectivity index (χ3n) is 5.00. The van der Waals surface area contributed by atoms with Gasteiger partial charge >= 0.3 is 0 Å². The van der Waals surface area contributed by atoms with Gasteiger partial charge in [0.15, 0.2) is 0 Å². The predicted octanol–water partition coefficient (Wildman–Crippen LogP) is 4.43. The summed E-state index contributed by atoms with van der Waals surface area (Å²) in [5.41, 5.74) is 6.45. The first-order chi connectivity index (χ1) is 14.6.